The van der Waals surface area contributed by atoms with Gasteiger partial charge in [0.15, 0.2) is 0 Å². The fourth-order valence-electron chi connectivity index (χ4n) is 2.69. The average molecular weight is 391 g/mol. The van der Waals surface area contributed by atoms with Crippen molar-refractivity contribution in [2.75, 3.05) is 11.9 Å². The molecule has 142 valence electrons. The van der Waals surface area contributed by atoms with Crippen LogP contribution in [0.15, 0.2) is 66.7 Å². The minimum absolute atomic E-state index is 0.152. The first kappa shape index (κ1) is 19.6. The van der Waals surface area contributed by atoms with E-state index in [2.05, 4.69) is 28.8 Å². The minimum Gasteiger partial charge on any atom is -0.352 e. The van der Waals surface area contributed by atoms with Crippen LogP contribution in [0.3, 0.4) is 0 Å². The molecule has 4 nitrogen and oxygen atoms in total. The standard InChI is InChI=1S/C23H22N2O2S/c1-3-24-23(27)18-10-9-16(2)20(15-18)25-22(26)14-12-19-11-13-21(28-19)17-7-5-4-6-8-17/h4-15H,3H2,1-2H3,(H,24,27)(H,25,26)/b14-12+. The second kappa shape index (κ2) is 9.15. The molecule has 0 unspecified atom stereocenters. The predicted octanol–water partition coefficient (Wildman–Crippen LogP) is 5.13. The number of benzene rings is 2. The Balaban J connectivity index is 1.68. The first-order valence-corrected chi connectivity index (χ1v) is 9.91. The van der Waals surface area contributed by atoms with Crippen LogP contribution in [-0.4, -0.2) is 18.4 Å². The van der Waals surface area contributed by atoms with Gasteiger partial charge in [0.25, 0.3) is 5.91 Å². The number of thiophene rings is 1. The number of amides is 2. The van der Waals surface area contributed by atoms with Gasteiger partial charge in [-0.15, -0.1) is 11.3 Å². The topological polar surface area (TPSA) is 58.2 Å². The maximum absolute atomic E-state index is 12.3. The van der Waals surface area contributed by atoms with Crippen molar-refractivity contribution in [3.63, 3.8) is 0 Å². The van der Waals surface area contributed by atoms with Gasteiger partial charge in [-0.3, -0.25) is 9.59 Å². The average Bonchev–Trinajstić information content (AvgIpc) is 3.18. The van der Waals surface area contributed by atoms with E-state index in [0.29, 0.717) is 17.8 Å². The second-order valence-corrected chi connectivity index (χ2v) is 7.40. The molecule has 0 atom stereocenters. The molecule has 0 spiro atoms. The lowest BCUT2D eigenvalue weighted by Crippen LogP contribution is -2.23. The van der Waals surface area contributed by atoms with Crippen molar-refractivity contribution in [3.8, 4) is 10.4 Å². The minimum atomic E-state index is -0.231. The van der Waals surface area contributed by atoms with E-state index in [1.165, 1.54) is 6.08 Å². The van der Waals surface area contributed by atoms with Crippen molar-refractivity contribution in [2.24, 2.45) is 0 Å². The Bertz CT molecular complexity index is 1010. The van der Waals surface area contributed by atoms with E-state index in [9.17, 15) is 9.59 Å². The van der Waals surface area contributed by atoms with Crippen molar-refractivity contribution in [3.05, 3.63) is 82.7 Å². The second-order valence-electron chi connectivity index (χ2n) is 6.28. The summed E-state index contributed by atoms with van der Waals surface area (Å²) >= 11 is 1.63. The van der Waals surface area contributed by atoms with Crippen LogP contribution in [0.5, 0.6) is 0 Å². The molecule has 5 heteroatoms. The fraction of sp³-hybridized carbons (Fsp3) is 0.130. The molecule has 1 aromatic heterocycles. The monoisotopic (exact) mass is 390 g/mol. The van der Waals surface area contributed by atoms with E-state index >= 15 is 0 Å². The highest BCUT2D eigenvalue weighted by Crippen LogP contribution is 2.28. The fourth-order valence-corrected chi connectivity index (χ4v) is 3.61. The lowest BCUT2D eigenvalue weighted by Gasteiger charge is -2.09. The summed E-state index contributed by atoms with van der Waals surface area (Å²) in [6, 6.07) is 19.5. The predicted molar refractivity (Wildman–Crippen MR) is 117 cm³/mol. The molecule has 2 amide bonds. The molecule has 0 aliphatic rings. The van der Waals surface area contributed by atoms with E-state index in [-0.39, 0.29) is 11.8 Å². The van der Waals surface area contributed by atoms with E-state index in [0.717, 1.165) is 20.9 Å². The molecule has 0 bridgehead atoms. The normalized spacial score (nSPS) is 10.8. The Hall–Kier alpha value is -3.18. The molecule has 1 heterocycles. The number of carbonyl (C=O) groups is 2. The molecule has 0 saturated carbocycles. The quantitative estimate of drug-likeness (QED) is 0.574. The molecule has 0 fully saturated rings. The Kier molecular flexibility index (Phi) is 6.40. The Morgan fingerprint density at radius 1 is 1.04 bits per heavy atom. The lowest BCUT2D eigenvalue weighted by atomic mass is 10.1. The van der Waals surface area contributed by atoms with Gasteiger partial charge in [0.2, 0.25) is 5.91 Å². The highest BCUT2D eigenvalue weighted by molar-refractivity contribution is 7.16. The van der Waals surface area contributed by atoms with Gasteiger partial charge in [0.05, 0.1) is 0 Å². The summed E-state index contributed by atoms with van der Waals surface area (Å²) in [5, 5.41) is 5.62. The van der Waals surface area contributed by atoms with Crippen molar-refractivity contribution in [2.45, 2.75) is 13.8 Å². The SMILES string of the molecule is CCNC(=O)c1ccc(C)c(NC(=O)/C=C/c2ccc(-c3ccccc3)s2)c1. The molecular weight excluding hydrogens is 368 g/mol. The Labute approximate surface area is 168 Å². The van der Waals surface area contributed by atoms with E-state index in [1.54, 1.807) is 29.5 Å². The van der Waals surface area contributed by atoms with Crippen LogP contribution in [-0.2, 0) is 4.79 Å². The molecule has 0 aliphatic heterocycles. The summed E-state index contributed by atoms with van der Waals surface area (Å²) in [5.41, 5.74) is 3.22. The number of nitrogens with one attached hydrogen (secondary N) is 2. The molecule has 2 N–H and O–H groups in total. The van der Waals surface area contributed by atoms with Gasteiger partial charge in [0.1, 0.15) is 0 Å². The van der Waals surface area contributed by atoms with Gasteiger partial charge in [-0.1, -0.05) is 36.4 Å². The first-order valence-electron chi connectivity index (χ1n) is 9.10. The highest BCUT2D eigenvalue weighted by atomic mass is 32.1. The summed E-state index contributed by atoms with van der Waals surface area (Å²) in [7, 11) is 0. The van der Waals surface area contributed by atoms with Crippen molar-refractivity contribution < 1.29 is 9.59 Å². The van der Waals surface area contributed by atoms with Crippen LogP contribution in [0.1, 0.15) is 27.7 Å². The zero-order valence-corrected chi connectivity index (χ0v) is 16.7. The van der Waals surface area contributed by atoms with E-state index in [1.807, 2.05) is 44.2 Å². The summed E-state index contributed by atoms with van der Waals surface area (Å²) in [6.45, 7) is 4.32. The van der Waals surface area contributed by atoms with Crippen LogP contribution in [0.25, 0.3) is 16.5 Å². The summed E-state index contributed by atoms with van der Waals surface area (Å²) in [5.74, 6) is -0.383. The molecule has 28 heavy (non-hydrogen) atoms. The van der Waals surface area contributed by atoms with Gasteiger partial charge < -0.3 is 10.6 Å². The zero-order valence-electron chi connectivity index (χ0n) is 15.9. The van der Waals surface area contributed by atoms with E-state index in [4.69, 9.17) is 0 Å². The highest BCUT2D eigenvalue weighted by Gasteiger charge is 2.09. The number of aryl methyl sites for hydroxylation is 1. The third kappa shape index (κ3) is 4.96. The van der Waals surface area contributed by atoms with Crippen molar-refractivity contribution in [1.82, 2.24) is 5.32 Å². The van der Waals surface area contributed by atoms with Crippen LogP contribution >= 0.6 is 11.3 Å². The summed E-state index contributed by atoms with van der Waals surface area (Å²) in [6.07, 6.45) is 3.31. The first-order chi connectivity index (χ1) is 13.6. The van der Waals surface area contributed by atoms with Crippen LogP contribution in [0, 0.1) is 6.92 Å². The molecule has 3 rings (SSSR count). The van der Waals surface area contributed by atoms with Gasteiger partial charge in [-0.25, -0.2) is 0 Å². The van der Waals surface area contributed by atoms with Crippen LogP contribution in [0.4, 0.5) is 5.69 Å². The van der Waals surface area contributed by atoms with Crippen molar-refractivity contribution >= 4 is 34.9 Å². The number of anilines is 1. The van der Waals surface area contributed by atoms with Gasteiger partial charge in [-0.2, -0.15) is 0 Å². The number of carbonyl (C=O) groups excluding carboxylic acids is 2. The third-order valence-electron chi connectivity index (χ3n) is 4.18. The summed E-state index contributed by atoms with van der Waals surface area (Å²) in [4.78, 5) is 26.5. The van der Waals surface area contributed by atoms with Crippen LogP contribution in [0.2, 0.25) is 0 Å². The molecule has 0 saturated heterocycles. The number of hydrogen-bond acceptors (Lipinski definition) is 3. The number of hydrogen-bond donors (Lipinski definition) is 2. The maximum atomic E-state index is 12.3. The molecule has 0 radical (unpaired) electrons. The van der Waals surface area contributed by atoms with Gasteiger partial charge >= 0.3 is 0 Å². The lowest BCUT2D eigenvalue weighted by molar-refractivity contribution is -0.111. The maximum Gasteiger partial charge on any atom is 0.251 e. The largest absolute Gasteiger partial charge is 0.352 e. The molecule has 3 aromatic rings. The van der Waals surface area contributed by atoms with Crippen LogP contribution < -0.4 is 10.6 Å². The van der Waals surface area contributed by atoms with E-state index < -0.39 is 0 Å². The molecule has 0 aliphatic carbocycles. The molecule has 2 aromatic carbocycles. The summed E-state index contributed by atoms with van der Waals surface area (Å²) < 4.78 is 0. The number of rotatable bonds is 6. The molecular formula is C23H22N2O2S. The third-order valence-corrected chi connectivity index (χ3v) is 5.28. The Morgan fingerprint density at radius 3 is 2.57 bits per heavy atom. The van der Waals surface area contributed by atoms with Gasteiger partial charge in [0, 0.05) is 33.6 Å². The zero-order chi connectivity index (χ0) is 19.9. The Morgan fingerprint density at radius 2 is 1.82 bits per heavy atom. The van der Waals surface area contributed by atoms with Gasteiger partial charge in [-0.05, 0) is 55.3 Å². The smallest absolute Gasteiger partial charge is 0.251 e. The van der Waals surface area contributed by atoms with Crippen molar-refractivity contribution in [1.29, 1.82) is 0 Å².